The van der Waals surface area contributed by atoms with Crippen LogP contribution in [0.25, 0.3) is 0 Å². The minimum atomic E-state index is -0.764. The minimum absolute atomic E-state index is 0.205. The fourth-order valence-corrected chi connectivity index (χ4v) is 2.75. The van der Waals surface area contributed by atoms with E-state index in [-0.39, 0.29) is 5.91 Å². The summed E-state index contributed by atoms with van der Waals surface area (Å²) in [7, 11) is 0. The number of aryl methyl sites for hydroxylation is 1. The zero-order chi connectivity index (χ0) is 16.1. The monoisotopic (exact) mass is 327 g/mol. The molecule has 5 nitrogen and oxygen atoms in total. The molecule has 118 valence electrons. The molecule has 1 aromatic carbocycles. The van der Waals surface area contributed by atoms with E-state index in [0.717, 1.165) is 10.4 Å². The predicted molar refractivity (Wildman–Crippen MR) is 89.3 cm³/mol. The summed E-state index contributed by atoms with van der Waals surface area (Å²) in [5, 5.41) is 11.6. The highest BCUT2D eigenvalue weighted by molar-refractivity contribution is 7.09. The number of rotatable bonds is 6. The van der Waals surface area contributed by atoms with Crippen LogP contribution in [0, 0.1) is 6.92 Å². The summed E-state index contributed by atoms with van der Waals surface area (Å²) in [5.74, 6) is 0.435. The average molecular weight is 327 g/mol. The number of H-pyrrole nitrogens is 1. The lowest BCUT2D eigenvalue weighted by Crippen LogP contribution is -2.32. The van der Waals surface area contributed by atoms with Gasteiger partial charge in [-0.1, -0.05) is 23.8 Å². The van der Waals surface area contributed by atoms with Crippen LogP contribution in [0.2, 0.25) is 0 Å². The van der Waals surface area contributed by atoms with Crippen molar-refractivity contribution >= 4 is 17.2 Å². The molecule has 0 aliphatic rings. The number of ether oxygens (including phenoxy) is 1. The first-order chi connectivity index (χ1) is 11.2. The molecule has 0 fully saturated rings. The molecule has 0 radical (unpaired) electrons. The second-order valence-electron chi connectivity index (χ2n) is 5.12. The highest BCUT2D eigenvalue weighted by Crippen LogP contribution is 2.21. The number of aromatic nitrogens is 2. The van der Waals surface area contributed by atoms with Crippen LogP contribution >= 0.6 is 11.3 Å². The van der Waals surface area contributed by atoms with E-state index in [1.165, 1.54) is 0 Å². The van der Waals surface area contributed by atoms with Gasteiger partial charge in [0.15, 0.2) is 0 Å². The Morgan fingerprint density at radius 1 is 1.30 bits per heavy atom. The fraction of sp³-hybridized carbons (Fsp3) is 0.176. The minimum Gasteiger partial charge on any atom is -0.474 e. The summed E-state index contributed by atoms with van der Waals surface area (Å²) in [5.41, 5.74) is 1.76. The number of nitrogens with one attached hydrogen (secondary N) is 2. The van der Waals surface area contributed by atoms with Crippen LogP contribution in [0.1, 0.15) is 22.2 Å². The molecule has 1 unspecified atom stereocenters. The van der Waals surface area contributed by atoms with E-state index in [0.29, 0.717) is 18.0 Å². The quantitative estimate of drug-likeness (QED) is 0.730. The first-order valence-corrected chi connectivity index (χ1v) is 8.13. The van der Waals surface area contributed by atoms with Crippen molar-refractivity contribution in [3.63, 3.8) is 0 Å². The largest absolute Gasteiger partial charge is 0.474 e. The summed E-state index contributed by atoms with van der Waals surface area (Å²) >= 11 is 1.60. The Hall–Kier alpha value is -2.60. The van der Waals surface area contributed by atoms with Gasteiger partial charge < -0.3 is 10.1 Å². The third-order valence-electron chi connectivity index (χ3n) is 3.33. The molecule has 3 aromatic rings. The van der Waals surface area contributed by atoms with E-state index in [1.807, 2.05) is 48.7 Å². The molecule has 23 heavy (non-hydrogen) atoms. The van der Waals surface area contributed by atoms with Gasteiger partial charge in [0.2, 0.25) is 6.10 Å². The molecule has 0 aliphatic carbocycles. The molecule has 0 spiro atoms. The third kappa shape index (κ3) is 3.98. The van der Waals surface area contributed by atoms with E-state index >= 15 is 0 Å². The zero-order valence-electron chi connectivity index (χ0n) is 12.7. The number of benzene rings is 1. The Balaban J connectivity index is 1.72. The molecule has 2 aromatic heterocycles. The molecular weight excluding hydrogens is 310 g/mol. The molecule has 2 N–H and O–H groups in total. The molecule has 0 saturated heterocycles. The number of hydrogen-bond donors (Lipinski definition) is 2. The van der Waals surface area contributed by atoms with Crippen molar-refractivity contribution in [1.29, 1.82) is 0 Å². The van der Waals surface area contributed by atoms with Gasteiger partial charge in [0, 0.05) is 11.1 Å². The second-order valence-corrected chi connectivity index (χ2v) is 6.15. The second kappa shape index (κ2) is 7.11. The summed E-state index contributed by atoms with van der Waals surface area (Å²) < 4.78 is 5.87. The molecule has 0 aliphatic heterocycles. The summed E-state index contributed by atoms with van der Waals surface area (Å²) in [6.07, 6.45) is 0.841. The molecule has 6 heteroatoms. The molecule has 3 rings (SSSR count). The summed E-state index contributed by atoms with van der Waals surface area (Å²) in [6.45, 7) is 2.49. The van der Waals surface area contributed by atoms with Crippen LogP contribution in [0.5, 0.6) is 5.75 Å². The summed E-state index contributed by atoms with van der Waals surface area (Å²) in [4.78, 5) is 13.6. The smallest absolute Gasteiger partial charge is 0.267 e. The Kier molecular flexibility index (Phi) is 4.73. The van der Waals surface area contributed by atoms with Crippen LogP contribution in [0.15, 0.2) is 54.0 Å². The van der Waals surface area contributed by atoms with E-state index < -0.39 is 6.10 Å². The lowest BCUT2D eigenvalue weighted by atomic mass is 10.2. The molecule has 0 saturated carbocycles. The number of amides is 1. The number of nitrogens with zero attached hydrogens (tertiary/aromatic N) is 1. The molecule has 1 amide bonds. The van der Waals surface area contributed by atoms with Crippen molar-refractivity contribution in [2.24, 2.45) is 0 Å². The SMILES string of the molecule is Cc1ccc(OC(C(=O)NCc2cccs2)c2ccn[nH]2)cc1. The fourth-order valence-electron chi connectivity index (χ4n) is 2.10. The van der Waals surface area contributed by atoms with Crippen molar-refractivity contribution in [3.8, 4) is 5.75 Å². The zero-order valence-corrected chi connectivity index (χ0v) is 13.5. The first-order valence-electron chi connectivity index (χ1n) is 7.25. The third-order valence-corrected chi connectivity index (χ3v) is 4.21. The van der Waals surface area contributed by atoms with Crippen molar-refractivity contribution in [3.05, 3.63) is 70.2 Å². The van der Waals surface area contributed by atoms with Gasteiger partial charge in [-0.05, 0) is 36.6 Å². The van der Waals surface area contributed by atoms with Gasteiger partial charge in [-0.25, -0.2) is 0 Å². The van der Waals surface area contributed by atoms with Crippen LogP contribution in [0.4, 0.5) is 0 Å². The Bertz CT molecular complexity index is 737. The Morgan fingerprint density at radius 3 is 2.78 bits per heavy atom. The maximum atomic E-state index is 12.5. The Morgan fingerprint density at radius 2 is 2.13 bits per heavy atom. The normalized spacial score (nSPS) is 11.9. The van der Waals surface area contributed by atoms with E-state index in [9.17, 15) is 4.79 Å². The van der Waals surface area contributed by atoms with Crippen LogP contribution in [-0.4, -0.2) is 16.1 Å². The van der Waals surface area contributed by atoms with E-state index in [1.54, 1.807) is 23.6 Å². The van der Waals surface area contributed by atoms with Crippen molar-refractivity contribution in [1.82, 2.24) is 15.5 Å². The maximum Gasteiger partial charge on any atom is 0.267 e. The van der Waals surface area contributed by atoms with Crippen LogP contribution in [0.3, 0.4) is 0 Å². The molecule has 1 atom stereocenters. The van der Waals surface area contributed by atoms with Crippen molar-refractivity contribution in [2.45, 2.75) is 19.6 Å². The van der Waals surface area contributed by atoms with E-state index in [4.69, 9.17) is 4.74 Å². The lowest BCUT2D eigenvalue weighted by molar-refractivity contribution is -0.128. The number of aromatic amines is 1. The highest BCUT2D eigenvalue weighted by Gasteiger charge is 2.24. The molecular formula is C17H17N3O2S. The van der Waals surface area contributed by atoms with Gasteiger partial charge in [-0.3, -0.25) is 9.89 Å². The summed E-state index contributed by atoms with van der Waals surface area (Å²) in [6, 6.07) is 13.3. The van der Waals surface area contributed by atoms with E-state index in [2.05, 4.69) is 15.5 Å². The van der Waals surface area contributed by atoms with Gasteiger partial charge >= 0.3 is 0 Å². The number of carbonyl (C=O) groups excluding carboxylic acids is 1. The number of thiophene rings is 1. The van der Waals surface area contributed by atoms with Crippen molar-refractivity contribution in [2.75, 3.05) is 0 Å². The van der Waals surface area contributed by atoms with Gasteiger partial charge in [0.25, 0.3) is 5.91 Å². The number of carbonyl (C=O) groups is 1. The molecule has 2 heterocycles. The maximum absolute atomic E-state index is 12.5. The average Bonchev–Trinajstić information content (AvgIpc) is 3.25. The predicted octanol–water partition coefficient (Wildman–Crippen LogP) is 3.22. The van der Waals surface area contributed by atoms with Crippen molar-refractivity contribution < 1.29 is 9.53 Å². The number of hydrogen-bond acceptors (Lipinski definition) is 4. The topological polar surface area (TPSA) is 67.0 Å². The highest BCUT2D eigenvalue weighted by atomic mass is 32.1. The van der Waals surface area contributed by atoms with Crippen LogP contribution < -0.4 is 10.1 Å². The lowest BCUT2D eigenvalue weighted by Gasteiger charge is -2.17. The first kappa shape index (κ1) is 15.3. The molecule has 0 bridgehead atoms. The van der Waals surface area contributed by atoms with Gasteiger partial charge in [0.1, 0.15) is 5.75 Å². The standard InChI is InChI=1S/C17H17N3O2S/c1-12-4-6-13(7-5-12)22-16(15-8-9-19-20-15)17(21)18-11-14-3-2-10-23-14/h2-10,16H,11H2,1H3,(H,18,21)(H,19,20). The van der Waals surface area contributed by atoms with Gasteiger partial charge in [-0.2, -0.15) is 5.10 Å². The van der Waals surface area contributed by atoms with Crippen LogP contribution in [-0.2, 0) is 11.3 Å². The van der Waals surface area contributed by atoms with Gasteiger partial charge in [0.05, 0.1) is 12.2 Å². The van der Waals surface area contributed by atoms with Gasteiger partial charge in [-0.15, -0.1) is 11.3 Å². The Labute approximate surface area is 138 Å².